The molecule has 3 atom stereocenters. The number of hydrogen-bond acceptors (Lipinski definition) is 6. The molecule has 0 N–H and O–H groups in total. The van der Waals surface area contributed by atoms with Crippen molar-refractivity contribution < 1.29 is 17.9 Å². The number of aromatic nitrogens is 2. The van der Waals surface area contributed by atoms with Crippen molar-refractivity contribution >= 4 is 34.7 Å². The van der Waals surface area contributed by atoms with E-state index in [1.54, 1.807) is 12.1 Å². The summed E-state index contributed by atoms with van der Waals surface area (Å²) in [5.41, 5.74) is -0.351. The minimum atomic E-state index is -4.44. The third kappa shape index (κ3) is 4.04. The Morgan fingerprint density at radius 2 is 1.97 bits per heavy atom. The molecule has 0 unspecified atom stereocenters. The van der Waals surface area contributed by atoms with E-state index in [4.69, 9.17) is 16.3 Å². The summed E-state index contributed by atoms with van der Waals surface area (Å²) in [6.45, 7) is 4.77. The van der Waals surface area contributed by atoms with Crippen LogP contribution in [0.3, 0.4) is 0 Å². The topological polar surface area (TPSA) is 50.6 Å². The van der Waals surface area contributed by atoms with Crippen molar-refractivity contribution in [2.24, 2.45) is 0 Å². The first-order valence-corrected chi connectivity index (χ1v) is 10.9. The van der Waals surface area contributed by atoms with Crippen molar-refractivity contribution in [3.05, 3.63) is 37.8 Å². The Balaban J connectivity index is 1.80. The van der Waals surface area contributed by atoms with Crippen LogP contribution in [0, 0.1) is 0 Å². The molecule has 1 saturated heterocycles. The maximum atomic E-state index is 13.9. The number of halogens is 4. The molecular weight excluding hydrogens is 441 g/mol. The van der Waals surface area contributed by atoms with Crippen LogP contribution in [0.25, 0.3) is 0 Å². The molecule has 2 aliphatic rings. The van der Waals surface area contributed by atoms with Crippen molar-refractivity contribution in [1.29, 1.82) is 0 Å². The molecule has 0 aromatic carbocycles. The van der Waals surface area contributed by atoms with Gasteiger partial charge in [-0.25, -0.2) is 0 Å². The van der Waals surface area contributed by atoms with Gasteiger partial charge in [0, 0.05) is 17.5 Å². The van der Waals surface area contributed by atoms with Gasteiger partial charge in [-0.15, -0.1) is 11.3 Å². The maximum absolute atomic E-state index is 13.9. The molecule has 6 nitrogen and oxygen atoms in total. The summed E-state index contributed by atoms with van der Waals surface area (Å²) >= 11 is 7.20. The lowest BCUT2D eigenvalue weighted by Crippen LogP contribution is -2.53. The smallest absolute Gasteiger partial charge is 0.377 e. The van der Waals surface area contributed by atoms with Crippen LogP contribution in [0.1, 0.15) is 25.1 Å². The molecule has 0 bridgehead atoms. The largest absolute Gasteiger partial charge is 0.408 e. The summed E-state index contributed by atoms with van der Waals surface area (Å²) in [7, 11) is 0. The van der Waals surface area contributed by atoms with E-state index in [1.807, 2.05) is 18.7 Å². The zero-order chi connectivity index (χ0) is 21.6. The summed E-state index contributed by atoms with van der Waals surface area (Å²) in [4.78, 5) is 21.2. The van der Waals surface area contributed by atoms with Crippen LogP contribution in [-0.4, -0.2) is 47.1 Å². The lowest BCUT2D eigenvalue weighted by Gasteiger charge is -2.42. The van der Waals surface area contributed by atoms with E-state index in [2.05, 4.69) is 4.98 Å². The lowest BCUT2D eigenvalue weighted by molar-refractivity contribution is -0.153. The van der Waals surface area contributed by atoms with Gasteiger partial charge in [0.15, 0.2) is 0 Å². The summed E-state index contributed by atoms with van der Waals surface area (Å²) in [5.74, 6) is 0.424. The third-order valence-corrected chi connectivity index (χ3v) is 6.71. The predicted octanol–water partition coefficient (Wildman–Crippen LogP) is 3.91. The zero-order valence-electron chi connectivity index (χ0n) is 16.5. The van der Waals surface area contributed by atoms with Gasteiger partial charge in [0.2, 0.25) is 5.95 Å². The molecule has 2 aromatic heterocycles. The van der Waals surface area contributed by atoms with E-state index in [0.29, 0.717) is 28.2 Å². The fourth-order valence-corrected chi connectivity index (χ4v) is 5.26. The number of rotatable bonds is 3. The highest BCUT2D eigenvalue weighted by atomic mass is 35.5. The van der Waals surface area contributed by atoms with Crippen LogP contribution in [0.15, 0.2) is 23.0 Å². The van der Waals surface area contributed by atoms with E-state index in [1.165, 1.54) is 26.9 Å². The minimum absolute atomic E-state index is 0.0221. The van der Waals surface area contributed by atoms with Crippen molar-refractivity contribution in [1.82, 2.24) is 9.55 Å². The van der Waals surface area contributed by atoms with Gasteiger partial charge in [0.25, 0.3) is 5.56 Å². The molecule has 11 heteroatoms. The number of fused-ring (bicyclic) bond motifs is 1. The molecule has 0 saturated carbocycles. The van der Waals surface area contributed by atoms with Crippen LogP contribution < -0.4 is 15.4 Å². The zero-order valence-corrected chi connectivity index (χ0v) is 18.1. The van der Waals surface area contributed by atoms with Gasteiger partial charge in [0.05, 0.1) is 36.2 Å². The van der Waals surface area contributed by atoms with Gasteiger partial charge < -0.3 is 14.5 Å². The predicted molar refractivity (Wildman–Crippen MR) is 111 cm³/mol. The van der Waals surface area contributed by atoms with Crippen LogP contribution in [-0.2, 0) is 17.8 Å². The number of alkyl halides is 3. The lowest BCUT2D eigenvalue weighted by atomic mass is 10.1. The van der Waals surface area contributed by atoms with Crippen LogP contribution in [0.4, 0.5) is 24.9 Å². The van der Waals surface area contributed by atoms with Gasteiger partial charge in [-0.3, -0.25) is 9.36 Å². The second-order valence-electron chi connectivity index (χ2n) is 7.73. The highest BCUT2D eigenvalue weighted by molar-refractivity contribution is 7.16. The number of hydrogen-bond donors (Lipinski definition) is 0. The SMILES string of the molecule is C[C@@H]1COC[C@@H](C)N1c1cc(=O)n2c(n1)N(Cc1ccc(Cl)s1)[C@H](C(F)(F)F)CC2. The molecule has 2 aromatic rings. The summed E-state index contributed by atoms with van der Waals surface area (Å²) in [6, 6.07) is 2.96. The normalized spacial score (nSPS) is 24.8. The Kier molecular flexibility index (Phi) is 5.75. The quantitative estimate of drug-likeness (QED) is 0.692. The summed E-state index contributed by atoms with van der Waals surface area (Å²) < 4.78 is 49.0. The highest BCUT2D eigenvalue weighted by Gasteiger charge is 2.47. The second kappa shape index (κ2) is 8.05. The molecule has 30 heavy (non-hydrogen) atoms. The summed E-state index contributed by atoms with van der Waals surface area (Å²) in [6.07, 6.45) is -4.65. The molecule has 0 aliphatic carbocycles. The van der Waals surface area contributed by atoms with E-state index < -0.39 is 12.2 Å². The molecule has 1 fully saturated rings. The number of morpholine rings is 1. The number of nitrogens with zero attached hydrogens (tertiary/aromatic N) is 4. The Labute approximate surface area is 180 Å². The number of thiophene rings is 1. The van der Waals surface area contributed by atoms with Crippen molar-refractivity contribution in [2.45, 2.75) is 57.7 Å². The van der Waals surface area contributed by atoms with Gasteiger partial charge in [0.1, 0.15) is 11.9 Å². The molecule has 4 rings (SSSR count). The van der Waals surface area contributed by atoms with Crippen LogP contribution in [0.5, 0.6) is 0 Å². The second-order valence-corrected chi connectivity index (χ2v) is 9.53. The van der Waals surface area contributed by atoms with Crippen molar-refractivity contribution in [2.75, 3.05) is 23.0 Å². The first kappa shape index (κ1) is 21.5. The number of anilines is 2. The molecule has 0 amide bonds. The first-order valence-electron chi connectivity index (χ1n) is 9.70. The fraction of sp³-hybridized carbons (Fsp3) is 0.579. The Bertz CT molecular complexity index is 969. The van der Waals surface area contributed by atoms with Crippen LogP contribution in [0.2, 0.25) is 4.34 Å². The maximum Gasteiger partial charge on any atom is 0.408 e. The molecule has 0 spiro atoms. The van der Waals surface area contributed by atoms with E-state index in [9.17, 15) is 18.0 Å². The molecule has 4 heterocycles. The van der Waals surface area contributed by atoms with Crippen LogP contribution >= 0.6 is 22.9 Å². The van der Waals surface area contributed by atoms with E-state index >= 15 is 0 Å². The van der Waals surface area contributed by atoms with Crippen molar-refractivity contribution in [3.8, 4) is 0 Å². The minimum Gasteiger partial charge on any atom is -0.377 e. The van der Waals surface area contributed by atoms with Gasteiger partial charge in [-0.05, 0) is 32.4 Å². The fourth-order valence-electron chi connectivity index (χ4n) is 4.17. The molecule has 164 valence electrons. The standard InChI is InChI=1S/C19H22ClF3N4O2S/c1-11-9-29-10-12(2)27(11)16-7-17(28)25-6-5-14(19(21,22)23)26(18(25)24-16)8-13-3-4-15(20)30-13/h3-4,7,11-12,14H,5-6,8-10H2,1-2H3/t11-,12-,14+/m1/s1. The van der Waals surface area contributed by atoms with E-state index in [-0.39, 0.29) is 43.1 Å². The Morgan fingerprint density at radius 1 is 1.27 bits per heavy atom. The third-order valence-electron chi connectivity index (χ3n) is 5.50. The monoisotopic (exact) mass is 462 g/mol. The Hall–Kier alpha value is -1.78. The number of ether oxygens (including phenoxy) is 1. The van der Waals surface area contributed by atoms with Gasteiger partial charge in [-0.1, -0.05) is 11.6 Å². The Morgan fingerprint density at radius 3 is 2.57 bits per heavy atom. The molecular formula is C19H22ClF3N4O2S. The first-order chi connectivity index (χ1) is 14.1. The molecule has 0 radical (unpaired) electrons. The van der Waals surface area contributed by atoms with E-state index in [0.717, 1.165) is 0 Å². The molecule has 2 aliphatic heterocycles. The highest BCUT2D eigenvalue weighted by Crippen LogP contribution is 2.37. The van der Waals surface area contributed by atoms with Gasteiger partial charge in [-0.2, -0.15) is 18.2 Å². The van der Waals surface area contributed by atoms with Crippen molar-refractivity contribution in [3.63, 3.8) is 0 Å². The summed E-state index contributed by atoms with van der Waals surface area (Å²) in [5, 5.41) is 0. The average Bonchev–Trinajstić information content (AvgIpc) is 3.06. The van der Waals surface area contributed by atoms with Gasteiger partial charge >= 0.3 is 6.18 Å². The average molecular weight is 463 g/mol.